The van der Waals surface area contributed by atoms with E-state index in [1.807, 2.05) is 91.0 Å². The maximum atomic E-state index is 14.4. The summed E-state index contributed by atoms with van der Waals surface area (Å²) in [6, 6.07) is 61.2. The minimum atomic E-state index is -1.69. The van der Waals surface area contributed by atoms with E-state index in [9.17, 15) is 19.2 Å². The van der Waals surface area contributed by atoms with Gasteiger partial charge in [-0.2, -0.15) is 0 Å². The highest BCUT2D eigenvalue weighted by molar-refractivity contribution is 5.91. The van der Waals surface area contributed by atoms with Crippen molar-refractivity contribution in [3.63, 3.8) is 0 Å². The van der Waals surface area contributed by atoms with E-state index in [1.54, 1.807) is 97.1 Å². The molecule has 0 amide bonds. The molecule has 2 aliphatic heterocycles. The van der Waals surface area contributed by atoms with Gasteiger partial charge >= 0.3 is 23.9 Å². The second kappa shape index (κ2) is 28.4. The second-order valence-electron chi connectivity index (χ2n) is 18.4. The third-order valence-electron chi connectivity index (χ3n) is 12.9. The third-order valence-corrected chi connectivity index (χ3v) is 12.9. The summed E-state index contributed by atoms with van der Waals surface area (Å²) < 4.78 is 71.7. The van der Waals surface area contributed by atoms with E-state index in [-0.39, 0.29) is 48.7 Å². The molecule has 0 saturated carbocycles. The fraction of sp³-hybridized carbons (Fsp3) is 0.250. The maximum absolute atomic E-state index is 14.4. The molecule has 79 heavy (non-hydrogen) atoms. The number of hydrogen-bond acceptors (Lipinski definition) is 15. The van der Waals surface area contributed by atoms with Crippen molar-refractivity contribution in [1.29, 1.82) is 0 Å². The standard InChI is InChI=1S/C64H58O15/c1-2-38-69-63-57(72-41-46-28-14-5-15-29-46)55(71-40-45-26-12-4-13-27-45)53(70-39-44-24-10-3-11-25-44)51(75-63)43-74-64-58(79-62(68)50-36-22-9-23-37-50)56(78-61(67)49-34-20-8-21-35-49)54(77-60(66)48-32-18-7-19-33-48)52(76-64)42-73-59(65)47-30-16-6-17-31-47/h1,3-37,51-58,63-64H,38-43H2/t51-,52-,53-,54+,55+,56+,57-,58-,63+,64-/m1/s1. The van der Waals surface area contributed by atoms with Crippen LogP contribution in [0.2, 0.25) is 0 Å². The molecule has 15 nitrogen and oxygen atoms in total. The number of carbonyl (C=O) groups excluding carboxylic acids is 4. The summed E-state index contributed by atoms with van der Waals surface area (Å²) in [4.78, 5) is 56.5. The largest absolute Gasteiger partial charge is 0.459 e. The maximum Gasteiger partial charge on any atom is 0.338 e. The van der Waals surface area contributed by atoms with Crippen LogP contribution in [0.15, 0.2) is 212 Å². The minimum absolute atomic E-state index is 0.0932. The molecule has 0 aliphatic carbocycles. The number of ether oxygens (including phenoxy) is 11. The molecule has 0 radical (unpaired) electrons. The Morgan fingerprint density at radius 3 is 1.13 bits per heavy atom. The topological polar surface area (TPSA) is 170 Å². The Morgan fingerprint density at radius 2 is 0.696 bits per heavy atom. The molecule has 2 heterocycles. The van der Waals surface area contributed by atoms with Gasteiger partial charge in [0, 0.05) is 0 Å². The summed E-state index contributed by atoms with van der Waals surface area (Å²) >= 11 is 0. The number of benzene rings is 7. The summed E-state index contributed by atoms with van der Waals surface area (Å²) in [5.74, 6) is -0.784. The van der Waals surface area contributed by atoms with E-state index in [0.717, 1.165) is 16.7 Å². The van der Waals surface area contributed by atoms with Gasteiger partial charge in [-0.1, -0.05) is 170 Å². The van der Waals surface area contributed by atoms with Crippen molar-refractivity contribution >= 4 is 23.9 Å². The second-order valence-corrected chi connectivity index (χ2v) is 18.4. The first-order valence-corrected chi connectivity index (χ1v) is 25.8. The molecule has 15 heteroatoms. The summed E-state index contributed by atoms with van der Waals surface area (Å²) in [5, 5.41) is 0. The van der Waals surface area contributed by atoms with E-state index in [0.29, 0.717) is 0 Å². The molecule has 10 atom stereocenters. The molecule has 7 aromatic rings. The van der Waals surface area contributed by atoms with Gasteiger partial charge in [-0.05, 0) is 65.2 Å². The highest BCUT2D eigenvalue weighted by atomic mass is 16.8. The lowest BCUT2D eigenvalue weighted by Gasteiger charge is -2.47. The van der Waals surface area contributed by atoms with Gasteiger partial charge in [0.25, 0.3) is 0 Å². The monoisotopic (exact) mass is 1070 g/mol. The van der Waals surface area contributed by atoms with Crippen LogP contribution in [0.3, 0.4) is 0 Å². The minimum Gasteiger partial charge on any atom is -0.459 e. The van der Waals surface area contributed by atoms with Gasteiger partial charge in [0.1, 0.15) is 43.7 Å². The molecule has 0 aromatic heterocycles. The lowest BCUT2D eigenvalue weighted by molar-refractivity contribution is -0.342. The molecule has 404 valence electrons. The van der Waals surface area contributed by atoms with Crippen molar-refractivity contribution in [3.05, 3.63) is 251 Å². The summed E-state index contributed by atoms with van der Waals surface area (Å²) in [6.07, 6.45) is -7.42. The lowest BCUT2D eigenvalue weighted by atomic mass is 9.96. The Labute approximate surface area is 458 Å². The van der Waals surface area contributed by atoms with Crippen LogP contribution < -0.4 is 0 Å². The first kappa shape index (κ1) is 55.5. The molecule has 0 spiro atoms. The van der Waals surface area contributed by atoms with Crippen LogP contribution in [-0.4, -0.2) is 105 Å². The van der Waals surface area contributed by atoms with E-state index in [4.69, 9.17) is 58.5 Å². The average molecular weight is 1070 g/mol. The molecule has 2 aliphatic rings. The first-order valence-electron chi connectivity index (χ1n) is 25.8. The van der Waals surface area contributed by atoms with Crippen molar-refractivity contribution in [1.82, 2.24) is 0 Å². The highest BCUT2D eigenvalue weighted by Gasteiger charge is 2.55. The number of terminal acetylenes is 1. The zero-order valence-corrected chi connectivity index (χ0v) is 42.9. The smallest absolute Gasteiger partial charge is 0.338 e. The third kappa shape index (κ3) is 15.3. The average Bonchev–Trinajstić information content (AvgIpc) is 3.53. The molecule has 0 N–H and O–H groups in total. The van der Waals surface area contributed by atoms with E-state index in [1.165, 1.54) is 24.3 Å². The summed E-state index contributed by atoms with van der Waals surface area (Å²) in [7, 11) is 0. The van der Waals surface area contributed by atoms with Gasteiger partial charge in [0.2, 0.25) is 0 Å². The van der Waals surface area contributed by atoms with Gasteiger partial charge < -0.3 is 52.1 Å². The van der Waals surface area contributed by atoms with Crippen LogP contribution in [-0.2, 0) is 71.9 Å². The Morgan fingerprint density at radius 1 is 0.354 bits per heavy atom. The summed E-state index contributed by atoms with van der Waals surface area (Å²) in [5.41, 5.74) is 3.19. The van der Waals surface area contributed by atoms with Crippen LogP contribution in [0.25, 0.3) is 0 Å². The fourth-order valence-corrected chi connectivity index (χ4v) is 9.00. The van der Waals surface area contributed by atoms with Crippen molar-refractivity contribution in [2.24, 2.45) is 0 Å². The molecule has 7 aromatic carbocycles. The number of rotatable bonds is 23. The number of esters is 4. The van der Waals surface area contributed by atoms with Crippen molar-refractivity contribution in [2.45, 2.75) is 81.2 Å². The Balaban J connectivity index is 1.11. The quantitative estimate of drug-likeness (QED) is 0.0337. The molecule has 0 unspecified atom stereocenters. The van der Waals surface area contributed by atoms with Gasteiger partial charge in [-0.3, -0.25) is 0 Å². The zero-order valence-electron chi connectivity index (χ0n) is 42.9. The molecule has 2 fully saturated rings. The predicted octanol–water partition coefficient (Wildman–Crippen LogP) is 9.39. The fourth-order valence-electron chi connectivity index (χ4n) is 9.00. The van der Waals surface area contributed by atoms with E-state index >= 15 is 0 Å². The Bertz CT molecular complexity index is 3040. The predicted molar refractivity (Wildman–Crippen MR) is 287 cm³/mol. The van der Waals surface area contributed by atoms with Gasteiger partial charge in [0.15, 0.2) is 30.9 Å². The van der Waals surface area contributed by atoms with Crippen molar-refractivity contribution < 1.29 is 71.3 Å². The lowest BCUT2D eigenvalue weighted by Crippen LogP contribution is -2.64. The van der Waals surface area contributed by atoms with Crippen LogP contribution >= 0.6 is 0 Å². The van der Waals surface area contributed by atoms with E-state index < -0.39 is 98.5 Å². The number of carbonyl (C=O) groups is 4. The van der Waals surface area contributed by atoms with Crippen LogP contribution in [0, 0.1) is 12.3 Å². The van der Waals surface area contributed by atoms with E-state index in [2.05, 4.69) is 5.92 Å². The Hall–Kier alpha value is -8.30. The molecule has 0 bridgehead atoms. The van der Waals surface area contributed by atoms with Crippen LogP contribution in [0.4, 0.5) is 0 Å². The molecule has 2 saturated heterocycles. The summed E-state index contributed by atoms with van der Waals surface area (Å²) in [6.45, 7) is -0.783. The number of hydrogen-bond donors (Lipinski definition) is 0. The van der Waals surface area contributed by atoms with Crippen LogP contribution in [0.5, 0.6) is 0 Å². The first-order chi connectivity index (χ1) is 38.8. The van der Waals surface area contributed by atoms with Gasteiger partial charge in [0.05, 0.1) is 48.7 Å². The molecule has 9 rings (SSSR count). The van der Waals surface area contributed by atoms with Crippen molar-refractivity contribution in [2.75, 3.05) is 19.8 Å². The highest BCUT2D eigenvalue weighted by Crippen LogP contribution is 2.35. The van der Waals surface area contributed by atoms with Gasteiger partial charge in [-0.25, -0.2) is 19.2 Å². The molecular weight excluding hydrogens is 1010 g/mol. The van der Waals surface area contributed by atoms with Crippen LogP contribution in [0.1, 0.15) is 58.1 Å². The molecular formula is C64H58O15. The van der Waals surface area contributed by atoms with Gasteiger partial charge in [-0.15, -0.1) is 6.42 Å². The Kier molecular flexibility index (Phi) is 19.9. The normalized spacial score (nSPS) is 22.6. The SMILES string of the molecule is C#CCO[C@H]1O[C@H](CO[C@@H]2O[C@H](COC(=O)c3ccccc3)[C@H](OC(=O)c3ccccc3)[C@H](OC(=O)c3ccccc3)[C@H]2OC(=O)c2ccccc2)[C@@H](OCc2ccccc2)[C@H](OCc2ccccc2)[C@H]1OCc1ccccc1. The zero-order chi connectivity index (χ0) is 54.6. The van der Waals surface area contributed by atoms with Crippen molar-refractivity contribution in [3.8, 4) is 12.3 Å².